The fraction of sp³-hybridized carbons (Fsp3) is 0.444. The van der Waals surface area contributed by atoms with Gasteiger partial charge >= 0.3 is 0 Å². The SMILES string of the molecule is O=c1[nH]ccc2nc(C3CCOCC3)nc(Nc3cnn(C4CC4)c3)c12. The summed E-state index contributed by atoms with van der Waals surface area (Å²) >= 11 is 0. The van der Waals surface area contributed by atoms with Crippen molar-refractivity contribution in [2.75, 3.05) is 18.5 Å². The van der Waals surface area contributed by atoms with Crippen LogP contribution in [0.1, 0.15) is 43.5 Å². The Labute approximate surface area is 149 Å². The summed E-state index contributed by atoms with van der Waals surface area (Å²) < 4.78 is 7.42. The van der Waals surface area contributed by atoms with E-state index in [2.05, 4.69) is 20.4 Å². The monoisotopic (exact) mass is 352 g/mol. The molecule has 3 aromatic rings. The molecule has 1 aliphatic carbocycles. The third-order valence-corrected chi connectivity index (χ3v) is 5.01. The molecule has 0 bridgehead atoms. The first-order valence-corrected chi connectivity index (χ1v) is 9.06. The molecule has 1 aliphatic heterocycles. The third kappa shape index (κ3) is 2.86. The van der Waals surface area contributed by atoms with E-state index in [0.29, 0.717) is 22.8 Å². The van der Waals surface area contributed by atoms with Crippen LogP contribution in [-0.4, -0.2) is 37.9 Å². The van der Waals surface area contributed by atoms with E-state index < -0.39 is 0 Å². The Hall–Kier alpha value is -2.74. The van der Waals surface area contributed by atoms with Crippen LogP contribution >= 0.6 is 0 Å². The molecule has 26 heavy (non-hydrogen) atoms. The summed E-state index contributed by atoms with van der Waals surface area (Å²) in [6.45, 7) is 1.44. The number of fused-ring (bicyclic) bond motifs is 1. The summed E-state index contributed by atoms with van der Waals surface area (Å²) in [4.78, 5) is 24.5. The molecule has 0 radical (unpaired) electrons. The number of anilines is 2. The fourth-order valence-electron chi connectivity index (χ4n) is 3.42. The van der Waals surface area contributed by atoms with Crippen LogP contribution < -0.4 is 10.9 Å². The number of rotatable bonds is 4. The van der Waals surface area contributed by atoms with Crippen LogP contribution in [0.2, 0.25) is 0 Å². The molecule has 5 rings (SSSR count). The van der Waals surface area contributed by atoms with Crippen molar-refractivity contribution in [1.82, 2.24) is 24.7 Å². The van der Waals surface area contributed by atoms with Crippen molar-refractivity contribution in [3.63, 3.8) is 0 Å². The van der Waals surface area contributed by atoms with Gasteiger partial charge in [-0.3, -0.25) is 9.48 Å². The first kappa shape index (κ1) is 15.5. The van der Waals surface area contributed by atoms with Gasteiger partial charge in [0.2, 0.25) is 0 Å². The first-order chi connectivity index (χ1) is 12.8. The number of ether oxygens (including phenoxy) is 1. The Morgan fingerprint density at radius 2 is 2.04 bits per heavy atom. The van der Waals surface area contributed by atoms with Crippen molar-refractivity contribution in [2.24, 2.45) is 0 Å². The molecule has 0 amide bonds. The molecule has 0 unspecified atom stereocenters. The Morgan fingerprint density at radius 1 is 1.19 bits per heavy atom. The lowest BCUT2D eigenvalue weighted by Crippen LogP contribution is -2.18. The van der Waals surface area contributed by atoms with Crippen LogP contribution in [0.3, 0.4) is 0 Å². The predicted octanol–water partition coefficient (Wildman–Crippen LogP) is 2.49. The van der Waals surface area contributed by atoms with Gasteiger partial charge < -0.3 is 15.0 Å². The summed E-state index contributed by atoms with van der Waals surface area (Å²) in [5.74, 6) is 1.55. The topological polar surface area (TPSA) is 97.7 Å². The standard InChI is InChI=1S/C18H20N6O2/c25-18-15-14(3-6-19-18)22-16(11-4-7-26-8-5-11)23-17(15)21-12-9-20-24(10-12)13-1-2-13/h3,6,9-11,13H,1-2,4-5,7-8H2,(H,19,25)(H,21,22,23). The highest BCUT2D eigenvalue weighted by molar-refractivity contribution is 5.89. The number of hydrogen-bond acceptors (Lipinski definition) is 6. The maximum atomic E-state index is 12.4. The van der Waals surface area contributed by atoms with Crippen LogP contribution in [0.15, 0.2) is 29.5 Å². The average molecular weight is 352 g/mol. The van der Waals surface area contributed by atoms with E-state index in [1.54, 1.807) is 12.4 Å². The van der Waals surface area contributed by atoms with Crippen molar-refractivity contribution >= 4 is 22.4 Å². The second-order valence-electron chi connectivity index (χ2n) is 6.95. The highest BCUT2D eigenvalue weighted by Gasteiger charge is 2.25. The van der Waals surface area contributed by atoms with E-state index in [1.807, 2.05) is 16.9 Å². The molecule has 0 aromatic carbocycles. The summed E-state index contributed by atoms with van der Waals surface area (Å²) in [7, 11) is 0. The zero-order valence-electron chi connectivity index (χ0n) is 14.3. The van der Waals surface area contributed by atoms with Gasteiger partial charge in [-0.15, -0.1) is 0 Å². The molecule has 0 atom stereocenters. The predicted molar refractivity (Wildman–Crippen MR) is 96.7 cm³/mol. The number of pyridine rings is 1. The minimum atomic E-state index is -0.196. The Balaban J connectivity index is 1.57. The Kier molecular flexibility index (Phi) is 3.70. The average Bonchev–Trinajstić information content (AvgIpc) is 3.42. The minimum Gasteiger partial charge on any atom is -0.381 e. The maximum absolute atomic E-state index is 12.4. The lowest BCUT2D eigenvalue weighted by molar-refractivity contribution is 0.0837. The molecule has 1 saturated carbocycles. The molecular weight excluding hydrogens is 332 g/mol. The fourth-order valence-corrected chi connectivity index (χ4v) is 3.42. The van der Waals surface area contributed by atoms with Gasteiger partial charge in [0.1, 0.15) is 17.0 Å². The lowest BCUT2D eigenvalue weighted by Gasteiger charge is -2.21. The smallest absolute Gasteiger partial charge is 0.261 e. The molecule has 3 aromatic heterocycles. The van der Waals surface area contributed by atoms with E-state index in [4.69, 9.17) is 9.72 Å². The van der Waals surface area contributed by atoms with E-state index >= 15 is 0 Å². The number of nitrogens with one attached hydrogen (secondary N) is 2. The van der Waals surface area contributed by atoms with Gasteiger partial charge in [0.05, 0.1) is 23.4 Å². The number of nitrogens with zero attached hydrogens (tertiary/aromatic N) is 4. The van der Waals surface area contributed by atoms with Crippen LogP contribution in [0.5, 0.6) is 0 Å². The highest BCUT2D eigenvalue weighted by atomic mass is 16.5. The molecule has 8 nitrogen and oxygen atoms in total. The maximum Gasteiger partial charge on any atom is 0.261 e. The van der Waals surface area contributed by atoms with Crippen molar-refractivity contribution in [3.05, 3.63) is 40.8 Å². The van der Waals surface area contributed by atoms with Crippen LogP contribution in [0, 0.1) is 0 Å². The summed E-state index contributed by atoms with van der Waals surface area (Å²) in [6.07, 6.45) is 9.51. The van der Waals surface area contributed by atoms with E-state index in [0.717, 1.165) is 37.6 Å². The largest absolute Gasteiger partial charge is 0.381 e. The quantitative estimate of drug-likeness (QED) is 0.749. The van der Waals surface area contributed by atoms with Gasteiger partial charge in [-0.25, -0.2) is 9.97 Å². The highest BCUT2D eigenvalue weighted by Crippen LogP contribution is 2.35. The Morgan fingerprint density at radius 3 is 2.85 bits per heavy atom. The van der Waals surface area contributed by atoms with Crippen molar-refractivity contribution in [1.29, 1.82) is 0 Å². The zero-order chi connectivity index (χ0) is 17.5. The van der Waals surface area contributed by atoms with Crippen LogP contribution in [-0.2, 0) is 4.74 Å². The lowest BCUT2D eigenvalue weighted by atomic mass is 9.99. The van der Waals surface area contributed by atoms with E-state index in [-0.39, 0.29) is 11.5 Å². The van der Waals surface area contributed by atoms with E-state index in [9.17, 15) is 4.79 Å². The summed E-state index contributed by atoms with van der Waals surface area (Å²) in [5, 5.41) is 8.16. The van der Waals surface area contributed by atoms with Gasteiger partial charge in [0, 0.05) is 31.5 Å². The minimum absolute atomic E-state index is 0.196. The second kappa shape index (κ2) is 6.21. The number of aromatic nitrogens is 5. The third-order valence-electron chi connectivity index (χ3n) is 5.01. The molecule has 2 fully saturated rings. The van der Waals surface area contributed by atoms with Crippen LogP contribution in [0.25, 0.3) is 10.9 Å². The molecule has 0 spiro atoms. The molecule has 2 aliphatic rings. The first-order valence-electron chi connectivity index (χ1n) is 9.06. The summed E-state index contributed by atoms with van der Waals surface area (Å²) in [6, 6.07) is 2.33. The zero-order valence-corrected chi connectivity index (χ0v) is 14.3. The van der Waals surface area contributed by atoms with Gasteiger partial charge in [-0.2, -0.15) is 5.10 Å². The molecule has 8 heteroatoms. The molecular formula is C18H20N6O2. The van der Waals surface area contributed by atoms with Crippen LogP contribution in [0.4, 0.5) is 11.5 Å². The van der Waals surface area contributed by atoms with Gasteiger partial charge in [-0.1, -0.05) is 0 Å². The number of H-pyrrole nitrogens is 1. The van der Waals surface area contributed by atoms with Crippen molar-refractivity contribution < 1.29 is 4.74 Å². The van der Waals surface area contributed by atoms with E-state index in [1.165, 1.54) is 12.8 Å². The summed E-state index contributed by atoms with van der Waals surface area (Å²) in [5.41, 5.74) is 1.29. The van der Waals surface area contributed by atoms with Crippen molar-refractivity contribution in [2.45, 2.75) is 37.6 Å². The van der Waals surface area contributed by atoms with Gasteiger partial charge in [0.25, 0.3) is 5.56 Å². The molecule has 2 N–H and O–H groups in total. The Bertz CT molecular complexity index is 1000. The van der Waals surface area contributed by atoms with Gasteiger partial charge in [-0.05, 0) is 31.7 Å². The number of hydrogen-bond donors (Lipinski definition) is 2. The van der Waals surface area contributed by atoms with Crippen molar-refractivity contribution in [3.8, 4) is 0 Å². The number of aromatic amines is 1. The molecule has 134 valence electrons. The normalized spacial score (nSPS) is 18.3. The second-order valence-corrected chi connectivity index (χ2v) is 6.95. The molecule has 1 saturated heterocycles. The van der Waals surface area contributed by atoms with Gasteiger partial charge in [0.15, 0.2) is 0 Å². The molecule has 4 heterocycles.